The number of amides is 1. The molecule has 0 unspecified atom stereocenters. The maximum absolute atomic E-state index is 13.4. The number of hydrogen-bond donors (Lipinski definition) is 0. The van der Waals surface area contributed by atoms with E-state index >= 15 is 0 Å². The molecule has 3 fully saturated rings. The fourth-order valence-corrected chi connectivity index (χ4v) is 5.08. The molecule has 3 heterocycles. The van der Waals surface area contributed by atoms with E-state index in [9.17, 15) is 9.59 Å². The first-order valence-corrected chi connectivity index (χ1v) is 9.54. The Hall–Kier alpha value is -1.85. The summed E-state index contributed by atoms with van der Waals surface area (Å²) in [5.41, 5.74) is -0.818. The molecular weight excluding hydrogens is 318 g/mol. The number of fused-ring (bicyclic) bond motifs is 2. The number of carbonyl (C=O) groups is 2. The van der Waals surface area contributed by atoms with Crippen LogP contribution in [-0.2, 0) is 20.9 Å². The lowest BCUT2D eigenvalue weighted by atomic mass is 9.72. The van der Waals surface area contributed by atoms with Crippen LogP contribution in [0.3, 0.4) is 0 Å². The van der Waals surface area contributed by atoms with Gasteiger partial charge in [0.25, 0.3) is 0 Å². The van der Waals surface area contributed by atoms with Crippen LogP contribution < -0.4 is 0 Å². The number of carbonyl (C=O) groups excluding carboxylic acids is 2. The molecule has 136 valence electrons. The number of esters is 1. The lowest BCUT2D eigenvalue weighted by molar-refractivity contribution is -0.158. The molecule has 0 radical (unpaired) electrons. The van der Waals surface area contributed by atoms with Crippen molar-refractivity contribution in [3.8, 4) is 0 Å². The smallest absolute Gasteiger partial charge is 0.314 e. The average Bonchev–Trinajstić information content (AvgIpc) is 2.98. The van der Waals surface area contributed by atoms with E-state index in [1.54, 1.807) is 6.20 Å². The summed E-state index contributed by atoms with van der Waals surface area (Å²) in [6.45, 7) is 4.94. The van der Waals surface area contributed by atoms with Gasteiger partial charge < -0.3 is 9.64 Å². The first kappa shape index (κ1) is 16.6. The van der Waals surface area contributed by atoms with Crippen molar-refractivity contribution in [3.63, 3.8) is 0 Å². The summed E-state index contributed by atoms with van der Waals surface area (Å²) in [5, 5.41) is 4.27. The average molecular weight is 345 g/mol. The number of aromatic nitrogens is 2. The first-order valence-electron chi connectivity index (χ1n) is 9.54. The molecule has 2 bridgehead atoms. The van der Waals surface area contributed by atoms with Crippen LogP contribution in [0, 0.1) is 10.8 Å². The van der Waals surface area contributed by atoms with E-state index in [1.807, 2.05) is 23.9 Å². The zero-order valence-electron chi connectivity index (χ0n) is 15.1. The molecule has 4 rings (SSSR count). The first-order chi connectivity index (χ1) is 12.1. The molecule has 1 saturated carbocycles. The van der Waals surface area contributed by atoms with E-state index in [-0.39, 0.29) is 29.4 Å². The van der Waals surface area contributed by atoms with Gasteiger partial charge in [-0.25, -0.2) is 0 Å². The van der Waals surface area contributed by atoms with Gasteiger partial charge in [-0.3, -0.25) is 14.3 Å². The summed E-state index contributed by atoms with van der Waals surface area (Å²) >= 11 is 0. The zero-order valence-corrected chi connectivity index (χ0v) is 15.1. The highest BCUT2D eigenvalue weighted by atomic mass is 16.5. The van der Waals surface area contributed by atoms with Crippen molar-refractivity contribution in [1.29, 1.82) is 0 Å². The third-order valence-corrected chi connectivity index (χ3v) is 6.62. The topological polar surface area (TPSA) is 64.4 Å². The standard InChI is InChI=1S/C19H27N3O3/c1-3-19(17(24)25-4-2)12-14-6-7-15(19)22(14)16(23)18(8-9-18)13-21-11-5-10-20-21/h5,10-11,14-15H,3-4,6-9,12-13H2,1-2H3/t14-,15+,19+/m1/s1. The lowest BCUT2D eigenvalue weighted by Gasteiger charge is -2.35. The Morgan fingerprint density at radius 2 is 2.08 bits per heavy atom. The molecule has 0 spiro atoms. The van der Waals surface area contributed by atoms with Gasteiger partial charge in [0.05, 0.1) is 24.0 Å². The quantitative estimate of drug-likeness (QED) is 0.743. The van der Waals surface area contributed by atoms with E-state index in [2.05, 4.69) is 16.9 Å². The molecule has 1 amide bonds. The van der Waals surface area contributed by atoms with Gasteiger partial charge in [-0.15, -0.1) is 0 Å². The number of ether oxygens (including phenoxy) is 1. The molecular formula is C19H27N3O3. The summed E-state index contributed by atoms with van der Waals surface area (Å²) in [6.07, 6.45) is 8.93. The van der Waals surface area contributed by atoms with E-state index in [1.165, 1.54) is 0 Å². The molecule has 1 aromatic heterocycles. The van der Waals surface area contributed by atoms with E-state index in [0.29, 0.717) is 13.2 Å². The Balaban J connectivity index is 1.57. The van der Waals surface area contributed by atoms with Crippen molar-refractivity contribution >= 4 is 11.9 Å². The van der Waals surface area contributed by atoms with Gasteiger partial charge in [0.15, 0.2) is 0 Å². The van der Waals surface area contributed by atoms with Gasteiger partial charge in [0.1, 0.15) is 0 Å². The summed E-state index contributed by atoms with van der Waals surface area (Å²) in [6, 6.07) is 2.09. The lowest BCUT2D eigenvalue weighted by Crippen LogP contribution is -2.48. The normalized spacial score (nSPS) is 32.0. The highest BCUT2D eigenvalue weighted by Crippen LogP contribution is 2.57. The third kappa shape index (κ3) is 2.41. The van der Waals surface area contributed by atoms with Gasteiger partial charge in [0.2, 0.25) is 5.91 Å². The molecule has 1 aliphatic carbocycles. The highest BCUT2D eigenvalue weighted by molar-refractivity contribution is 5.88. The van der Waals surface area contributed by atoms with Crippen LogP contribution in [0.2, 0.25) is 0 Å². The van der Waals surface area contributed by atoms with Crippen molar-refractivity contribution < 1.29 is 14.3 Å². The summed E-state index contributed by atoms with van der Waals surface area (Å²) < 4.78 is 7.26. The predicted molar refractivity (Wildman–Crippen MR) is 91.5 cm³/mol. The molecule has 0 N–H and O–H groups in total. The van der Waals surface area contributed by atoms with Crippen molar-refractivity contribution in [3.05, 3.63) is 18.5 Å². The highest BCUT2D eigenvalue weighted by Gasteiger charge is 2.64. The zero-order chi connectivity index (χ0) is 17.7. The Morgan fingerprint density at radius 1 is 1.28 bits per heavy atom. The Morgan fingerprint density at radius 3 is 2.68 bits per heavy atom. The SMILES string of the molecule is CCOC(=O)[C@@]1(CC)C[C@H]2CC[C@@H]1N2C(=O)C1(Cn2cccn2)CC1. The van der Waals surface area contributed by atoms with E-state index in [0.717, 1.165) is 38.5 Å². The summed E-state index contributed by atoms with van der Waals surface area (Å²) in [5.74, 6) is 0.120. The van der Waals surface area contributed by atoms with Gasteiger partial charge in [0, 0.05) is 24.5 Å². The molecule has 25 heavy (non-hydrogen) atoms. The van der Waals surface area contributed by atoms with Crippen LogP contribution in [0.15, 0.2) is 18.5 Å². The maximum Gasteiger partial charge on any atom is 0.314 e. The van der Waals surface area contributed by atoms with E-state index in [4.69, 9.17) is 4.74 Å². The minimum atomic E-state index is -0.504. The fraction of sp³-hybridized carbons (Fsp3) is 0.737. The van der Waals surface area contributed by atoms with Gasteiger partial charge in [-0.05, 0) is 51.5 Å². The van der Waals surface area contributed by atoms with Gasteiger partial charge in [-0.2, -0.15) is 5.10 Å². The number of hydrogen-bond acceptors (Lipinski definition) is 4. The molecule has 6 nitrogen and oxygen atoms in total. The summed E-state index contributed by atoms with van der Waals surface area (Å²) in [7, 11) is 0. The maximum atomic E-state index is 13.4. The van der Waals surface area contributed by atoms with Gasteiger partial charge in [-0.1, -0.05) is 6.92 Å². The number of rotatable bonds is 6. The van der Waals surface area contributed by atoms with Crippen LogP contribution in [0.1, 0.15) is 52.4 Å². The molecule has 1 aromatic rings. The second-order valence-electron chi connectivity index (χ2n) is 7.88. The Kier molecular flexibility index (Phi) is 3.89. The Bertz CT molecular complexity index is 667. The minimum absolute atomic E-state index is 0.00384. The monoisotopic (exact) mass is 345 g/mol. The van der Waals surface area contributed by atoms with Crippen molar-refractivity contribution in [2.45, 2.75) is 71.0 Å². The van der Waals surface area contributed by atoms with Crippen molar-refractivity contribution in [1.82, 2.24) is 14.7 Å². The molecule has 2 aliphatic heterocycles. The van der Waals surface area contributed by atoms with Crippen molar-refractivity contribution in [2.24, 2.45) is 10.8 Å². The number of nitrogens with zero attached hydrogens (tertiary/aromatic N) is 3. The molecule has 3 aliphatic rings. The van der Waals surface area contributed by atoms with Crippen molar-refractivity contribution in [2.75, 3.05) is 6.61 Å². The second kappa shape index (κ2) is 5.85. The predicted octanol–water partition coefficient (Wildman–Crippen LogP) is 2.39. The van der Waals surface area contributed by atoms with Crippen LogP contribution >= 0.6 is 0 Å². The molecule has 3 atom stereocenters. The molecule has 0 aromatic carbocycles. The molecule has 2 saturated heterocycles. The second-order valence-corrected chi connectivity index (χ2v) is 7.88. The van der Waals surface area contributed by atoms with Crippen LogP contribution in [-0.4, -0.2) is 45.2 Å². The van der Waals surface area contributed by atoms with Crippen LogP contribution in [0.4, 0.5) is 0 Å². The fourth-order valence-electron chi connectivity index (χ4n) is 5.08. The third-order valence-electron chi connectivity index (χ3n) is 6.62. The van der Waals surface area contributed by atoms with Gasteiger partial charge >= 0.3 is 5.97 Å². The van der Waals surface area contributed by atoms with E-state index < -0.39 is 5.41 Å². The van der Waals surface area contributed by atoms with Crippen LogP contribution in [0.5, 0.6) is 0 Å². The summed E-state index contributed by atoms with van der Waals surface area (Å²) in [4.78, 5) is 28.2. The largest absolute Gasteiger partial charge is 0.466 e. The van der Waals surface area contributed by atoms with Crippen LogP contribution in [0.25, 0.3) is 0 Å². The minimum Gasteiger partial charge on any atom is -0.466 e. The Labute approximate surface area is 148 Å². The molecule has 6 heteroatoms.